The number of hydrogen-bond acceptors (Lipinski definition) is 8. The van der Waals surface area contributed by atoms with Gasteiger partial charge in [-0.25, -0.2) is 13.4 Å². The number of rotatable bonds is 8. The Morgan fingerprint density at radius 2 is 2.00 bits per heavy atom. The van der Waals surface area contributed by atoms with E-state index in [-0.39, 0.29) is 4.90 Å². The Kier molecular flexibility index (Phi) is 6.72. The number of nitrogens with one attached hydrogen (secondary N) is 1. The van der Waals surface area contributed by atoms with Crippen LogP contribution in [0, 0.1) is 0 Å². The summed E-state index contributed by atoms with van der Waals surface area (Å²) < 4.78 is 37.6. The molecule has 4 rings (SSSR count). The van der Waals surface area contributed by atoms with Crippen molar-refractivity contribution >= 4 is 38.9 Å². The van der Waals surface area contributed by atoms with E-state index in [0.29, 0.717) is 12.2 Å². The minimum absolute atomic E-state index is 0.0227. The second-order valence-electron chi connectivity index (χ2n) is 7.26. The van der Waals surface area contributed by atoms with E-state index in [4.69, 9.17) is 9.15 Å². The fraction of sp³-hybridized carbons (Fsp3) is 0.227. The molecule has 1 amide bonds. The first-order valence-electron chi connectivity index (χ1n) is 10.1. The van der Waals surface area contributed by atoms with Crippen molar-refractivity contribution in [2.75, 3.05) is 6.61 Å². The summed E-state index contributed by atoms with van der Waals surface area (Å²) in [7, 11) is -3.91. The minimum atomic E-state index is -3.91. The van der Waals surface area contributed by atoms with E-state index in [0.717, 1.165) is 10.6 Å². The number of amides is 1. The highest BCUT2D eigenvalue weighted by molar-refractivity contribution is 7.89. The van der Waals surface area contributed by atoms with Gasteiger partial charge in [-0.05, 0) is 42.6 Å². The van der Waals surface area contributed by atoms with Crippen molar-refractivity contribution in [2.45, 2.75) is 30.3 Å². The third-order valence-corrected chi connectivity index (χ3v) is 7.40. The number of thiophene rings is 1. The fourth-order valence-corrected chi connectivity index (χ4v) is 5.24. The number of ether oxygens (including phenoxy) is 1. The van der Waals surface area contributed by atoms with Gasteiger partial charge in [0.2, 0.25) is 10.0 Å². The topological polar surface area (TPSA) is 118 Å². The number of nitrogens with zero attached hydrogens (tertiary/aromatic N) is 2. The summed E-state index contributed by atoms with van der Waals surface area (Å²) in [6.07, 6.45) is 1.97. The molecule has 0 radical (unpaired) electrons. The smallest absolute Gasteiger partial charge is 0.324 e. The molecule has 33 heavy (non-hydrogen) atoms. The van der Waals surface area contributed by atoms with Gasteiger partial charge in [-0.1, -0.05) is 24.3 Å². The summed E-state index contributed by atoms with van der Waals surface area (Å²) in [6, 6.07) is 13.3. The van der Waals surface area contributed by atoms with E-state index in [9.17, 15) is 18.0 Å². The molecule has 0 bridgehead atoms. The molecule has 3 heterocycles. The first kappa shape index (κ1) is 22.9. The van der Waals surface area contributed by atoms with E-state index < -0.39 is 40.6 Å². The maximum Gasteiger partial charge on any atom is 0.324 e. The van der Waals surface area contributed by atoms with Crippen LogP contribution in [0.15, 0.2) is 80.7 Å². The summed E-state index contributed by atoms with van der Waals surface area (Å²) >= 11 is 1.51. The number of carbonyl (C=O) groups is 2. The molecule has 172 valence electrons. The Morgan fingerprint density at radius 1 is 1.21 bits per heavy atom. The molecule has 0 saturated carbocycles. The minimum Gasteiger partial charge on any atom is -0.467 e. The van der Waals surface area contributed by atoms with Crippen LogP contribution in [0.4, 0.5) is 0 Å². The average molecular weight is 488 g/mol. The number of sulfonamides is 1. The highest BCUT2D eigenvalue weighted by Gasteiger charge is 2.36. The normalized spacial score (nSPS) is 16.9. The molecular formula is C22H21N3O6S2. The predicted molar refractivity (Wildman–Crippen MR) is 121 cm³/mol. The Labute approximate surface area is 194 Å². The molecule has 2 aromatic heterocycles. The van der Waals surface area contributed by atoms with Gasteiger partial charge in [0, 0.05) is 6.42 Å². The summed E-state index contributed by atoms with van der Waals surface area (Å²) in [5, 5.41) is 7.61. The zero-order valence-corrected chi connectivity index (χ0v) is 19.2. The van der Waals surface area contributed by atoms with Crippen LogP contribution in [0.3, 0.4) is 0 Å². The molecule has 11 heteroatoms. The Morgan fingerprint density at radius 3 is 2.67 bits per heavy atom. The SMILES string of the molecule is C[C@H](NS(=O)(=O)c1ccccc1)C(=O)OCC(=O)N1N=C(c2cccs2)CC1c1ccco1. The number of carbonyl (C=O) groups excluding carboxylic acids is 2. The van der Waals surface area contributed by atoms with Crippen LogP contribution in [0.2, 0.25) is 0 Å². The standard InChI is InChI=1S/C22H21N3O6S2/c1-15(24-33(28,29)16-7-3-2-4-8-16)22(27)31-14-21(26)25-18(19-9-5-11-30-19)13-17(23-25)20-10-6-12-32-20/h2-12,15,18,24H,13-14H2,1H3/t15-,18?/m0/s1. The Bertz CT molecular complexity index is 1240. The summed E-state index contributed by atoms with van der Waals surface area (Å²) in [5.74, 6) is -0.859. The number of furan rings is 1. The lowest BCUT2D eigenvalue weighted by Crippen LogP contribution is -2.41. The summed E-state index contributed by atoms with van der Waals surface area (Å²) in [4.78, 5) is 26.2. The molecule has 1 unspecified atom stereocenters. The number of esters is 1. The monoisotopic (exact) mass is 487 g/mol. The van der Waals surface area contributed by atoms with Crippen LogP contribution in [0.25, 0.3) is 0 Å². The van der Waals surface area contributed by atoms with Crippen LogP contribution in [0.5, 0.6) is 0 Å². The largest absolute Gasteiger partial charge is 0.467 e. The quantitative estimate of drug-likeness (QED) is 0.488. The predicted octanol–water partition coefficient (Wildman–Crippen LogP) is 2.93. The second kappa shape index (κ2) is 9.69. The van der Waals surface area contributed by atoms with E-state index in [2.05, 4.69) is 9.82 Å². The third-order valence-electron chi connectivity index (χ3n) is 4.92. The maximum atomic E-state index is 12.9. The molecular weight excluding hydrogens is 466 g/mol. The van der Waals surface area contributed by atoms with E-state index in [1.165, 1.54) is 41.7 Å². The molecule has 3 aromatic rings. The fourth-order valence-electron chi connectivity index (χ4n) is 3.31. The van der Waals surface area contributed by atoms with Crippen molar-refractivity contribution in [3.8, 4) is 0 Å². The highest BCUT2D eigenvalue weighted by Crippen LogP contribution is 2.34. The van der Waals surface area contributed by atoms with Crippen LogP contribution in [-0.2, 0) is 24.3 Å². The molecule has 1 aliphatic heterocycles. The van der Waals surface area contributed by atoms with Crippen molar-refractivity contribution < 1.29 is 27.2 Å². The Hall–Kier alpha value is -3.28. The molecule has 1 aromatic carbocycles. The Balaban J connectivity index is 1.40. The number of hydrogen-bond donors (Lipinski definition) is 1. The zero-order valence-electron chi connectivity index (χ0n) is 17.6. The highest BCUT2D eigenvalue weighted by atomic mass is 32.2. The maximum absolute atomic E-state index is 12.9. The van der Waals surface area contributed by atoms with Gasteiger partial charge in [0.05, 0.1) is 21.7 Å². The molecule has 1 aliphatic rings. The van der Waals surface area contributed by atoms with Crippen molar-refractivity contribution in [1.82, 2.24) is 9.73 Å². The molecule has 0 spiro atoms. The third kappa shape index (κ3) is 5.21. The van der Waals surface area contributed by atoms with Crippen molar-refractivity contribution in [3.63, 3.8) is 0 Å². The molecule has 0 saturated heterocycles. The summed E-state index contributed by atoms with van der Waals surface area (Å²) in [6.45, 7) is 0.760. The van der Waals surface area contributed by atoms with Crippen molar-refractivity contribution in [2.24, 2.45) is 5.10 Å². The van der Waals surface area contributed by atoms with Crippen molar-refractivity contribution in [3.05, 3.63) is 76.9 Å². The lowest BCUT2D eigenvalue weighted by atomic mass is 10.1. The van der Waals surface area contributed by atoms with Gasteiger partial charge in [0.25, 0.3) is 5.91 Å². The van der Waals surface area contributed by atoms with E-state index in [1.807, 2.05) is 17.5 Å². The molecule has 2 atom stereocenters. The molecule has 0 aliphatic carbocycles. The van der Waals surface area contributed by atoms with Crippen LogP contribution >= 0.6 is 11.3 Å². The van der Waals surface area contributed by atoms with Gasteiger partial charge in [0.15, 0.2) is 6.61 Å². The summed E-state index contributed by atoms with van der Waals surface area (Å²) in [5.41, 5.74) is 0.732. The van der Waals surface area contributed by atoms with Crippen LogP contribution in [-0.4, -0.2) is 43.7 Å². The number of hydrazone groups is 1. The molecule has 1 N–H and O–H groups in total. The van der Waals surface area contributed by atoms with Gasteiger partial charge in [-0.2, -0.15) is 9.82 Å². The average Bonchev–Trinajstić information content (AvgIpc) is 3.58. The molecule has 9 nitrogen and oxygen atoms in total. The molecule has 0 fully saturated rings. The van der Waals surface area contributed by atoms with Crippen LogP contribution in [0.1, 0.15) is 30.0 Å². The zero-order chi connectivity index (χ0) is 23.4. The van der Waals surface area contributed by atoms with Gasteiger partial charge < -0.3 is 9.15 Å². The van der Waals surface area contributed by atoms with Gasteiger partial charge in [0.1, 0.15) is 17.8 Å². The first-order valence-corrected chi connectivity index (χ1v) is 12.4. The van der Waals surface area contributed by atoms with Crippen molar-refractivity contribution in [1.29, 1.82) is 0 Å². The van der Waals surface area contributed by atoms with Crippen LogP contribution < -0.4 is 4.72 Å². The number of benzene rings is 1. The van der Waals surface area contributed by atoms with Gasteiger partial charge in [-0.3, -0.25) is 9.59 Å². The van der Waals surface area contributed by atoms with E-state index in [1.54, 1.807) is 30.3 Å². The van der Waals surface area contributed by atoms with Gasteiger partial charge in [-0.15, -0.1) is 11.3 Å². The lowest BCUT2D eigenvalue weighted by molar-refractivity contribution is -0.154. The van der Waals surface area contributed by atoms with Gasteiger partial charge >= 0.3 is 5.97 Å². The van der Waals surface area contributed by atoms with E-state index >= 15 is 0 Å². The first-order chi connectivity index (χ1) is 15.8. The lowest BCUT2D eigenvalue weighted by Gasteiger charge is -2.20. The second-order valence-corrected chi connectivity index (χ2v) is 9.92.